The highest BCUT2D eigenvalue weighted by molar-refractivity contribution is 7.27. The molecule has 0 fully saturated rings. The fraction of sp³-hybridized carbons (Fsp3) is 0.243. The van der Waals surface area contributed by atoms with Crippen molar-refractivity contribution in [3.8, 4) is 22.3 Å². The summed E-state index contributed by atoms with van der Waals surface area (Å²) in [6, 6.07) is 33.6. The van der Waals surface area contributed by atoms with Gasteiger partial charge >= 0.3 is 7.48 Å². The molecule has 199 valence electrons. The molecule has 0 atom stereocenters. The third kappa shape index (κ3) is 4.10. The van der Waals surface area contributed by atoms with Crippen LogP contribution in [0.15, 0.2) is 91.0 Å². The highest BCUT2D eigenvalue weighted by Crippen LogP contribution is 2.50. The molecule has 1 nitrogen and oxygen atoms in total. The molecule has 1 aliphatic rings. The van der Waals surface area contributed by atoms with Gasteiger partial charge in [0.1, 0.15) is 0 Å². The van der Waals surface area contributed by atoms with Crippen LogP contribution >= 0.6 is 11.3 Å². The molecule has 0 saturated heterocycles. The van der Waals surface area contributed by atoms with Gasteiger partial charge in [0.15, 0.2) is 0 Å². The number of thiophene rings is 1. The fourth-order valence-electron chi connectivity index (χ4n) is 6.15. The van der Waals surface area contributed by atoms with Gasteiger partial charge in [-0.1, -0.05) is 118 Å². The molecule has 6 aromatic rings. The lowest BCUT2D eigenvalue weighted by Gasteiger charge is -2.39. The van der Waals surface area contributed by atoms with E-state index in [4.69, 9.17) is 12.5 Å². The second-order valence-corrected chi connectivity index (χ2v) is 14.1. The number of rotatable bonds is 5. The lowest BCUT2D eigenvalue weighted by atomic mass is 9.61. The minimum atomic E-state index is -0.529. The second kappa shape index (κ2) is 9.08. The Morgan fingerprint density at radius 1 is 0.683 bits per heavy atom. The minimum Gasteiger partial charge on any atom is -0.430 e. The van der Waals surface area contributed by atoms with Crippen LogP contribution in [0.2, 0.25) is 5.31 Å². The first-order chi connectivity index (χ1) is 19.5. The van der Waals surface area contributed by atoms with Crippen LogP contribution in [0.5, 0.6) is 0 Å². The SMILES string of the molecule is [B]C(C)(C)C(C)(C)O[B]c1cc(-c2ccc3c(c2)C(C)(C)c2ccccc2-3)c2sc3c4ccccc4ccc3c2c1. The van der Waals surface area contributed by atoms with Gasteiger partial charge in [-0.15, -0.1) is 11.3 Å². The van der Waals surface area contributed by atoms with E-state index in [0.717, 1.165) is 5.46 Å². The van der Waals surface area contributed by atoms with Crippen molar-refractivity contribution in [3.05, 3.63) is 102 Å². The zero-order chi connectivity index (χ0) is 28.7. The van der Waals surface area contributed by atoms with E-state index in [0.29, 0.717) is 0 Å². The van der Waals surface area contributed by atoms with E-state index >= 15 is 0 Å². The molecule has 0 aliphatic heterocycles. The summed E-state index contributed by atoms with van der Waals surface area (Å²) < 4.78 is 9.02. The van der Waals surface area contributed by atoms with E-state index in [-0.39, 0.29) is 5.41 Å². The highest BCUT2D eigenvalue weighted by atomic mass is 32.1. The molecular weight excluding hydrogens is 514 g/mol. The van der Waals surface area contributed by atoms with Gasteiger partial charge in [-0.25, -0.2) is 0 Å². The van der Waals surface area contributed by atoms with Crippen LogP contribution in [-0.2, 0) is 10.1 Å². The first kappa shape index (κ1) is 26.6. The molecule has 41 heavy (non-hydrogen) atoms. The van der Waals surface area contributed by atoms with E-state index in [9.17, 15) is 0 Å². The Morgan fingerprint density at radius 3 is 2.22 bits per heavy atom. The Morgan fingerprint density at radius 2 is 1.41 bits per heavy atom. The minimum absolute atomic E-state index is 0.0546. The van der Waals surface area contributed by atoms with Gasteiger partial charge in [-0.3, -0.25) is 0 Å². The van der Waals surface area contributed by atoms with Crippen molar-refractivity contribution in [3.63, 3.8) is 0 Å². The Bertz CT molecular complexity index is 1990. The third-order valence-electron chi connectivity index (χ3n) is 9.42. The molecule has 0 N–H and O–H groups in total. The maximum atomic E-state index is 6.47. The summed E-state index contributed by atoms with van der Waals surface area (Å²) in [7, 11) is 8.37. The molecular formula is C37H33B2OS. The van der Waals surface area contributed by atoms with Crippen molar-refractivity contribution in [2.75, 3.05) is 0 Å². The molecule has 0 saturated carbocycles. The van der Waals surface area contributed by atoms with E-state index in [1.807, 2.05) is 32.7 Å². The zero-order valence-electron chi connectivity index (χ0n) is 24.6. The van der Waals surface area contributed by atoms with Crippen molar-refractivity contribution >= 4 is 63.1 Å². The topological polar surface area (TPSA) is 9.23 Å². The molecule has 0 bridgehead atoms. The number of fused-ring (bicyclic) bond motifs is 8. The van der Waals surface area contributed by atoms with Crippen molar-refractivity contribution in [1.82, 2.24) is 0 Å². The summed E-state index contributed by atoms with van der Waals surface area (Å²) in [6.45, 7) is 12.8. The Labute approximate surface area is 249 Å². The van der Waals surface area contributed by atoms with Crippen LogP contribution in [0.3, 0.4) is 0 Å². The first-order valence-electron chi connectivity index (χ1n) is 14.4. The Kier molecular flexibility index (Phi) is 5.88. The van der Waals surface area contributed by atoms with Gasteiger partial charge in [0, 0.05) is 31.2 Å². The molecule has 1 heterocycles. The van der Waals surface area contributed by atoms with Crippen LogP contribution in [0, 0.1) is 0 Å². The van der Waals surface area contributed by atoms with Crippen LogP contribution < -0.4 is 5.46 Å². The maximum absolute atomic E-state index is 6.47. The Balaban J connectivity index is 1.45. The van der Waals surface area contributed by atoms with Gasteiger partial charge in [0.25, 0.3) is 0 Å². The average Bonchev–Trinajstić information content (AvgIpc) is 3.44. The number of hydrogen-bond acceptors (Lipinski definition) is 2. The van der Waals surface area contributed by atoms with Crippen LogP contribution in [0.1, 0.15) is 52.7 Å². The summed E-state index contributed by atoms with van der Waals surface area (Å²) in [5.74, 6) is 0. The largest absolute Gasteiger partial charge is 0.430 e. The van der Waals surface area contributed by atoms with Gasteiger partial charge in [-0.2, -0.15) is 0 Å². The van der Waals surface area contributed by atoms with Crippen LogP contribution in [0.4, 0.5) is 0 Å². The smallest absolute Gasteiger partial charge is 0.330 e. The molecule has 7 rings (SSSR count). The highest BCUT2D eigenvalue weighted by Gasteiger charge is 2.36. The van der Waals surface area contributed by atoms with Crippen molar-refractivity contribution in [2.45, 2.75) is 57.9 Å². The van der Waals surface area contributed by atoms with Crippen molar-refractivity contribution < 1.29 is 4.65 Å². The van der Waals surface area contributed by atoms with E-state index in [1.54, 1.807) is 0 Å². The predicted molar refractivity (Wildman–Crippen MR) is 180 cm³/mol. The van der Waals surface area contributed by atoms with Crippen LogP contribution in [-0.4, -0.2) is 20.9 Å². The summed E-state index contributed by atoms with van der Waals surface area (Å²) in [6.07, 6.45) is 0. The molecule has 0 amide bonds. The number of benzene rings is 5. The lowest BCUT2D eigenvalue weighted by molar-refractivity contribution is 0.0767. The van der Waals surface area contributed by atoms with Crippen molar-refractivity contribution in [1.29, 1.82) is 0 Å². The van der Waals surface area contributed by atoms with Gasteiger partial charge < -0.3 is 4.65 Å². The predicted octanol–water partition coefficient (Wildman–Crippen LogP) is 9.59. The number of hydrogen-bond donors (Lipinski definition) is 0. The molecule has 0 spiro atoms. The molecule has 1 aromatic heterocycles. The molecule has 3 radical (unpaired) electrons. The standard InChI is InChI=1S/C37H33B2OS/c1-35(2)31-14-10-9-13-26(31)27-17-16-23(19-32(27)35)29-20-24(39-40-37(5,6)36(3,4)38)21-30-28-18-15-22-11-7-8-12-25(22)33(28)41-34(29)30/h7-21H,1-6H3. The average molecular weight is 547 g/mol. The monoisotopic (exact) mass is 547 g/mol. The summed E-state index contributed by atoms with van der Waals surface area (Å²) in [5.41, 5.74) is 8.40. The maximum Gasteiger partial charge on any atom is 0.330 e. The van der Waals surface area contributed by atoms with E-state index in [2.05, 4.69) is 119 Å². The third-order valence-corrected chi connectivity index (χ3v) is 10.7. The van der Waals surface area contributed by atoms with E-state index < -0.39 is 10.9 Å². The van der Waals surface area contributed by atoms with Gasteiger partial charge in [0.05, 0.1) is 7.85 Å². The summed E-state index contributed by atoms with van der Waals surface area (Å²) in [4.78, 5) is 0. The van der Waals surface area contributed by atoms with Gasteiger partial charge in [0.2, 0.25) is 0 Å². The lowest BCUT2D eigenvalue weighted by Crippen LogP contribution is -2.40. The first-order valence-corrected chi connectivity index (χ1v) is 15.2. The Hall–Kier alpha value is -3.33. The fourth-order valence-corrected chi connectivity index (χ4v) is 7.50. The van der Waals surface area contributed by atoms with Crippen LogP contribution in [0.25, 0.3) is 53.2 Å². The summed E-state index contributed by atoms with van der Waals surface area (Å²) in [5, 5.41) is 4.62. The quantitative estimate of drug-likeness (QED) is 0.195. The molecule has 4 heteroatoms. The van der Waals surface area contributed by atoms with Gasteiger partial charge in [-0.05, 0) is 69.4 Å². The zero-order valence-corrected chi connectivity index (χ0v) is 25.4. The molecule has 0 unspecified atom stereocenters. The molecule has 5 aromatic carbocycles. The molecule has 1 aliphatic carbocycles. The second-order valence-electron chi connectivity index (χ2n) is 13.1. The van der Waals surface area contributed by atoms with E-state index in [1.165, 1.54) is 64.3 Å². The van der Waals surface area contributed by atoms with Crippen molar-refractivity contribution in [2.24, 2.45) is 0 Å². The normalized spacial score (nSPS) is 14.5. The summed E-state index contributed by atoms with van der Waals surface area (Å²) >= 11 is 1.90.